The van der Waals surface area contributed by atoms with Gasteiger partial charge in [-0.05, 0) is 77.2 Å². The summed E-state index contributed by atoms with van der Waals surface area (Å²) in [4.78, 5) is 12.1. The third-order valence-electron chi connectivity index (χ3n) is 3.93. The molecule has 0 saturated carbocycles. The van der Waals surface area contributed by atoms with E-state index in [9.17, 15) is 9.90 Å². The highest BCUT2D eigenvalue weighted by Crippen LogP contribution is 2.33. The highest BCUT2D eigenvalue weighted by atomic mass is 127. The number of halogens is 4. The molecule has 0 radical (unpaired) electrons. The molecule has 3 aromatic rings. The minimum absolute atomic E-state index is 0.0642. The van der Waals surface area contributed by atoms with E-state index in [1.54, 1.807) is 18.2 Å². The van der Waals surface area contributed by atoms with Crippen LogP contribution >= 0.6 is 68.4 Å². The molecule has 33 heavy (non-hydrogen) atoms. The van der Waals surface area contributed by atoms with Gasteiger partial charge in [-0.1, -0.05) is 44.0 Å². The number of hydrogen-bond acceptors (Lipinski definition) is 6. The first-order valence-corrected chi connectivity index (χ1v) is 12.5. The van der Waals surface area contributed by atoms with Gasteiger partial charge in [0.05, 0.1) is 40.6 Å². The Morgan fingerprint density at radius 2 is 1.73 bits per heavy atom. The average molecular weight is 716 g/mol. The molecule has 0 aliphatic heterocycles. The van der Waals surface area contributed by atoms with Gasteiger partial charge in [0.15, 0.2) is 0 Å². The van der Waals surface area contributed by atoms with Crippen molar-refractivity contribution in [3.63, 3.8) is 0 Å². The number of benzene rings is 2. The van der Waals surface area contributed by atoms with Crippen LogP contribution in [0.3, 0.4) is 0 Å². The fourth-order valence-electron chi connectivity index (χ4n) is 2.39. The lowest BCUT2D eigenvalue weighted by Gasteiger charge is -2.13. The molecular weight excluding hydrogens is 695 g/mol. The van der Waals surface area contributed by atoms with E-state index in [1.807, 2.05) is 85.9 Å². The highest BCUT2D eigenvalue weighted by Gasteiger charge is 2.24. The third kappa shape index (κ3) is 7.24. The molecule has 2 aromatic carbocycles. The van der Waals surface area contributed by atoms with Crippen LogP contribution in [0.25, 0.3) is 5.69 Å². The van der Waals surface area contributed by atoms with Gasteiger partial charge in [-0.3, -0.25) is 0 Å². The Balaban J connectivity index is 0.000000294. The largest absolute Gasteiger partial charge is 0.506 e. The first-order valence-electron chi connectivity index (χ1n) is 9.59. The number of aromatic nitrogens is 2. The highest BCUT2D eigenvalue weighted by molar-refractivity contribution is 14.1. The van der Waals surface area contributed by atoms with Gasteiger partial charge in [0.2, 0.25) is 5.89 Å². The molecule has 1 heterocycles. The fraction of sp³-hybridized carbons (Fsp3) is 0.318. The van der Waals surface area contributed by atoms with E-state index in [0.29, 0.717) is 35.1 Å². The van der Waals surface area contributed by atoms with Gasteiger partial charge in [-0.15, -0.1) is 5.10 Å². The first kappa shape index (κ1) is 27.8. The van der Waals surface area contributed by atoms with Crippen LogP contribution in [0.4, 0.5) is 0 Å². The maximum atomic E-state index is 12.1. The predicted molar refractivity (Wildman–Crippen MR) is 145 cm³/mol. The van der Waals surface area contributed by atoms with Crippen molar-refractivity contribution in [3.05, 3.63) is 63.5 Å². The summed E-state index contributed by atoms with van der Waals surface area (Å²) >= 11 is 16.3. The second kappa shape index (κ2) is 11.3. The van der Waals surface area contributed by atoms with E-state index in [4.69, 9.17) is 37.6 Å². The van der Waals surface area contributed by atoms with Crippen LogP contribution in [0.1, 0.15) is 46.1 Å². The van der Waals surface area contributed by atoms with Crippen molar-refractivity contribution in [3.8, 4) is 23.3 Å². The molecule has 0 unspecified atom stereocenters. The molecule has 0 aliphatic rings. The number of nitrogens with zero attached hydrogens (tertiary/aromatic N) is 3. The number of nitriles is 1. The van der Waals surface area contributed by atoms with Crippen molar-refractivity contribution in [2.45, 2.75) is 46.1 Å². The third-order valence-corrected chi connectivity index (χ3v) is 6.17. The lowest BCUT2D eigenvalue weighted by molar-refractivity contribution is 0.242. The second-order valence-electron chi connectivity index (χ2n) is 8.14. The van der Waals surface area contributed by atoms with Gasteiger partial charge < -0.3 is 14.3 Å². The summed E-state index contributed by atoms with van der Waals surface area (Å²) in [5, 5.41) is 22.7. The van der Waals surface area contributed by atoms with Crippen molar-refractivity contribution in [1.82, 2.24) is 9.78 Å². The van der Waals surface area contributed by atoms with Crippen LogP contribution in [0.2, 0.25) is 10.0 Å². The topological polar surface area (TPSA) is 101 Å². The van der Waals surface area contributed by atoms with Crippen molar-refractivity contribution >= 4 is 68.4 Å². The quantitative estimate of drug-likeness (QED) is 0.304. The average Bonchev–Trinajstić information content (AvgIpc) is 3.10. The lowest BCUT2D eigenvalue weighted by Crippen LogP contribution is -2.15. The van der Waals surface area contributed by atoms with E-state index in [2.05, 4.69) is 5.10 Å². The summed E-state index contributed by atoms with van der Waals surface area (Å²) in [6, 6.07) is 8.42. The van der Waals surface area contributed by atoms with E-state index < -0.39 is 5.76 Å². The normalized spacial score (nSPS) is 11.1. The Kier molecular flexibility index (Phi) is 9.50. The molecule has 0 saturated heterocycles. The van der Waals surface area contributed by atoms with Crippen LogP contribution < -0.4 is 10.5 Å². The van der Waals surface area contributed by atoms with Crippen LogP contribution in [0.5, 0.6) is 11.5 Å². The molecule has 1 aromatic heterocycles. The summed E-state index contributed by atoms with van der Waals surface area (Å²) in [6.45, 7) is 9.47. The zero-order chi connectivity index (χ0) is 25.1. The Labute approximate surface area is 228 Å². The van der Waals surface area contributed by atoms with Crippen molar-refractivity contribution in [1.29, 1.82) is 5.26 Å². The standard InChI is InChI=1S/C15H18Cl2N2O3.C7H3I2NO/c1-8(2)21-12-7-11(9(16)6-10(12)17)19-14(20)22-13(18-19)15(3,4)5;8-5-1-4(3-10)2-6(9)7(5)11/h6-8H,1-5H3;1-2,11H. The number of rotatable bonds is 3. The number of phenolic OH excluding ortho intramolecular Hbond substituents is 1. The number of hydrogen-bond donors (Lipinski definition) is 1. The smallest absolute Gasteiger partial charge is 0.442 e. The summed E-state index contributed by atoms with van der Waals surface area (Å²) in [7, 11) is 0. The van der Waals surface area contributed by atoms with E-state index in [-0.39, 0.29) is 22.3 Å². The van der Waals surface area contributed by atoms with Gasteiger partial charge in [-0.2, -0.15) is 9.94 Å². The van der Waals surface area contributed by atoms with Crippen LogP contribution in [0, 0.1) is 18.5 Å². The van der Waals surface area contributed by atoms with Crippen LogP contribution in [-0.4, -0.2) is 21.0 Å². The predicted octanol–water partition coefficient (Wildman–Crippen LogP) is 6.69. The Bertz CT molecular complexity index is 1230. The molecule has 11 heteroatoms. The maximum Gasteiger partial charge on any atom is 0.442 e. The minimum atomic E-state index is -0.607. The Morgan fingerprint density at radius 3 is 2.18 bits per heavy atom. The number of aromatic hydroxyl groups is 1. The van der Waals surface area contributed by atoms with Gasteiger partial charge in [-0.25, -0.2) is 4.79 Å². The van der Waals surface area contributed by atoms with E-state index in [1.165, 1.54) is 6.07 Å². The van der Waals surface area contributed by atoms with E-state index >= 15 is 0 Å². The van der Waals surface area contributed by atoms with Crippen molar-refractivity contribution < 1.29 is 14.3 Å². The molecule has 0 spiro atoms. The molecule has 0 fully saturated rings. The van der Waals surface area contributed by atoms with Crippen molar-refractivity contribution in [2.24, 2.45) is 0 Å². The van der Waals surface area contributed by atoms with Crippen LogP contribution in [0.15, 0.2) is 33.5 Å². The molecule has 0 amide bonds. The van der Waals surface area contributed by atoms with Crippen molar-refractivity contribution in [2.75, 3.05) is 0 Å². The molecule has 7 nitrogen and oxygen atoms in total. The monoisotopic (exact) mass is 715 g/mol. The molecule has 1 N–H and O–H groups in total. The summed E-state index contributed by atoms with van der Waals surface area (Å²) < 4.78 is 13.4. The summed E-state index contributed by atoms with van der Waals surface area (Å²) in [5.41, 5.74) is 0.559. The first-order chi connectivity index (χ1) is 15.2. The number of ether oxygens (including phenoxy) is 1. The summed E-state index contributed by atoms with van der Waals surface area (Å²) in [6.07, 6.45) is -0.0642. The van der Waals surface area contributed by atoms with Gasteiger partial charge in [0, 0.05) is 11.5 Å². The molecule has 3 rings (SSSR count). The lowest BCUT2D eigenvalue weighted by atomic mass is 9.97. The zero-order valence-electron chi connectivity index (χ0n) is 18.4. The molecule has 0 atom stereocenters. The van der Waals surface area contributed by atoms with Gasteiger partial charge >= 0.3 is 5.76 Å². The molecule has 0 aliphatic carbocycles. The Morgan fingerprint density at radius 1 is 1.15 bits per heavy atom. The molecule has 0 bridgehead atoms. The Hall–Kier alpha value is -1.49. The number of phenols is 1. The maximum absolute atomic E-state index is 12.1. The van der Waals surface area contributed by atoms with Gasteiger partial charge in [0.25, 0.3) is 0 Å². The molecular formula is C22H21Cl2I2N3O4. The minimum Gasteiger partial charge on any atom is -0.506 e. The SMILES string of the molecule is CC(C)Oc1cc(-n2nc(C(C)(C)C)oc2=O)c(Cl)cc1Cl.N#Cc1cc(I)c(O)c(I)c1. The summed E-state index contributed by atoms with van der Waals surface area (Å²) in [5.74, 6) is 0.410. The van der Waals surface area contributed by atoms with Crippen LogP contribution in [-0.2, 0) is 5.41 Å². The zero-order valence-corrected chi connectivity index (χ0v) is 24.2. The molecule has 176 valence electrons. The second-order valence-corrected chi connectivity index (χ2v) is 11.3. The fourth-order valence-corrected chi connectivity index (χ4v) is 4.66. The van der Waals surface area contributed by atoms with Gasteiger partial charge in [0.1, 0.15) is 11.5 Å². The van der Waals surface area contributed by atoms with E-state index in [0.717, 1.165) is 4.68 Å².